The van der Waals surface area contributed by atoms with Crippen molar-refractivity contribution in [3.05, 3.63) is 22.7 Å². The van der Waals surface area contributed by atoms with Crippen LogP contribution in [0.1, 0.15) is 38.2 Å². The van der Waals surface area contributed by atoms with Crippen LogP contribution >= 0.6 is 11.6 Å². The molecule has 21 heavy (non-hydrogen) atoms. The van der Waals surface area contributed by atoms with Gasteiger partial charge in [-0.2, -0.15) is 0 Å². The Morgan fingerprint density at radius 3 is 2.76 bits per heavy atom. The summed E-state index contributed by atoms with van der Waals surface area (Å²) in [6.07, 6.45) is 4.59. The lowest BCUT2D eigenvalue weighted by Gasteiger charge is -2.26. The Labute approximate surface area is 132 Å². The summed E-state index contributed by atoms with van der Waals surface area (Å²) < 4.78 is 27.6. The van der Waals surface area contributed by atoms with Gasteiger partial charge in [-0.1, -0.05) is 31.4 Å². The molecule has 6 heteroatoms. The van der Waals surface area contributed by atoms with Crippen LogP contribution < -0.4 is 10.5 Å². The molecule has 0 aromatic heterocycles. The van der Waals surface area contributed by atoms with Gasteiger partial charge in [0, 0.05) is 17.3 Å². The molecule has 0 bridgehead atoms. The van der Waals surface area contributed by atoms with Gasteiger partial charge in [0.15, 0.2) is 0 Å². The van der Waals surface area contributed by atoms with Crippen LogP contribution in [0.15, 0.2) is 17.0 Å². The third-order valence-electron chi connectivity index (χ3n) is 4.26. The zero-order valence-corrected chi connectivity index (χ0v) is 14.1. The molecule has 3 N–H and O–H groups in total. The molecular formula is C15H23ClN2O2S. The first-order valence-corrected chi connectivity index (χ1v) is 9.21. The van der Waals surface area contributed by atoms with Crippen molar-refractivity contribution in [2.24, 2.45) is 11.8 Å². The summed E-state index contributed by atoms with van der Waals surface area (Å²) in [7, 11) is -3.57. The zero-order chi connectivity index (χ0) is 15.6. The van der Waals surface area contributed by atoms with Crippen LogP contribution in [0.2, 0.25) is 5.02 Å². The number of hydrogen-bond donors (Lipinski definition) is 2. The number of nitrogens with one attached hydrogen (secondary N) is 1. The standard InChI is InChI=1S/C15H23ClN2O2S/c1-10-4-3-5-12(6-10)9-18-21(19,20)15-8-13(16)7-14(17)11(15)2/h7-8,10,12,18H,3-6,9,17H2,1-2H3. The number of halogens is 1. The number of benzene rings is 1. The first kappa shape index (κ1) is 16.6. The van der Waals surface area contributed by atoms with Crippen molar-refractivity contribution in [1.29, 1.82) is 0 Å². The Hall–Kier alpha value is -0.780. The lowest BCUT2D eigenvalue weighted by Crippen LogP contribution is -2.32. The second-order valence-electron chi connectivity index (χ2n) is 6.11. The quantitative estimate of drug-likeness (QED) is 0.832. The SMILES string of the molecule is Cc1c(N)cc(Cl)cc1S(=O)(=O)NCC1CCCC(C)C1. The van der Waals surface area contributed by atoms with E-state index < -0.39 is 10.0 Å². The predicted molar refractivity (Wildman–Crippen MR) is 86.9 cm³/mol. The van der Waals surface area contributed by atoms with Gasteiger partial charge in [0.1, 0.15) is 0 Å². The fourth-order valence-corrected chi connectivity index (χ4v) is 4.71. The molecule has 1 aliphatic rings. The Kier molecular flexibility index (Phi) is 5.17. The van der Waals surface area contributed by atoms with Crippen LogP contribution in [-0.4, -0.2) is 15.0 Å². The molecule has 118 valence electrons. The van der Waals surface area contributed by atoms with Crippen LogP contribution in [0.5, 0.6) is 0 Å². The molecule has 2 rings (SSSR count). The molecule has 2 unspecified atom stereocenters. The van der Waals surface area contributed by atoms with E-state index in [1.165, 1.54) is 18.9 Å². The van der Waals surface area contributed by atoms with Gasteiger partial charge < -0.3 is 5.73 Å². The van der Waals surface area contributed by atoms with E-state index >= 15 is 0 Å². The fraction of sp³-hybridized carbons (Fsp3) is 0.600. The molecule has 1 aromatic carbocycles. The lowest BCUT2D eigenvalue weighted by atomic mass is 9.83. The highest BCUT2D eigenvalue weighted by Crippen LogP contribution is 2.29. The molecule has 1 saturated carbocycles. The topological polar surface area (TPSA) is 72.2 Å². The van der Waals surface area contributed by atoms with Crippen molar-refractivity contribution >= 4 is 27.3 Å². The molecule has 1 fully saturated rings. The van der Waals surface area contributed by atoms with E-state index in [9.17, 15) is 8.42 Å². The maximum atomic E-state index is 12.5. The van der Waals surface area contributed by atoms with Gasteiger partial charge in [0.25, 0.3) is 0 Å². The molecule has 0 spiro atoms. The summed E-state index contributed by atoms with van der Waals surface area (Å²) >= 11 is 5.92. The Bertz CT molecular complexity index is 616. The minimum Gasteiger partial charge on any atom is -0.398 e. The van der Waals surface area contributed by atoms with Gasteiger partial charge in [0.2, 0.25) is 10.0 Å². The van der Waals surface area contributed by atoms with Gasteiger partial charge in [-0.3, -0.25) is 0 Å². The fourth-order valence-electron chi connectivity index (χ4n) is 3.00. The number of sulfonamides is 1. The first-order chi connectivity index (χ1) is 9.79. The largest absolute Gasteiger partial charge is 0.398 e. The monoisotopic (exact) mass is 330 g/mol. The second-order valence-corrected chi connectivity index (χ2v) is 8.28. The van der Waals surface area contributed by atoms with E-state index in [-0.39, 0.29) is 4.90 Å². The summed E-state index contributed by atoms with van der Waals surface area (Å²) in [5.74, 6) is 1.09. The Balaban J connectivity index is 2.12. The van der Waals surface area contributed by atoms with E-state index in [4.69, 9.17) is 17.3 Å². The van der Waals surface area contributed by atoms with Gasteiger partial charge in [0.05, 0.1) is 4.90 Å². The van der Waals surface area contributed by atoms with Crippen molar-refractivity contribution in [2.45, 2.75) is 44.4 Å². The van der Waals surface area contributed by atoms with Gasteiger partial charge >= 0.3 is 0 Å². The average molecular weight is 331 g/mol. The number of nitrogen functional groups attached to an aromatic ring is 1. The van der Waals surface area contributed by atoms with Crippen molar-refractivity contribution in [1.82, 2.24) is 4.72 Å². The van der Waals surface area contributed by atoms with Crippen LogP contribution in [-0.2, 0) is 10.0 Å². The summed E-state index contributed by atoms with van der Waals surface area (Å²) in [4.78, 5) is 0.177. The van der Waals surface area contributed by atoms with Crippen LogP contribution in [0.4, 0.5) is 5.69 Å². The van der Waals surface area contributed by atoms with E-state index in [0.717, 1.165) is 12.8 Å². The normalized spacial score (nSPS) is 23.2. The third-order valence-corrected chi connectivity index (χ3v) is 6.03. The molecule has 0 heterocycles. The lowest BCUT2D eigenvalue weighted by molar-refractivity contribution is 0.283. The van der Waals surface area contributed by atoms with Crippen molar-refractivity contribution < 1.29 is 8.42 Å². The second kappa shape index (κ2) is 6.55. The van der Waals surface area contributed by atoms with Crippen molar-refractivity contribution in [2.75, 3.05) is 12.3 Å². The van der Waals surface area contributed by atoms with Crippen LogP contribution in [0.25, 0.3) is 0 Å². The van der Waals surface area contributed by atoms with Crippen LogP contribution in [0, 0.1) is 18.8 Å². The van der Waals surface area contributed by atoms with E-state index in [1.54, 1.807) is 13.0 Å². The number of nitrogens with two attached hydrogens (primary N) is 1. The molecule has 0 saturated heterocycles. The number of rotatable bonds is 4. The highest BCUT2D eigenvalue weighted by Gasteiger charge is 2.23. The van der Waals surface area contributed by atoms with E-state index in [2.05, 4.69) is 11.6 Å². The van der Waals surface area contributed by atoms with Crippen LogP contribution in [0.3, 0.4) is 0 Å². The smallest absolute Gasteiger partial charge is 0.240 e. The predicted octanol–water partition coefficient (Wildman–Crippen LogP) is 3.34. The first-order valence-electron chi connectivity index (χ1n) is 7.35. The summed E-state index contributed by atoms with van der Waals surface area (Å²) in [5.41, 5.74) is 6.74. The summed E-state index contributed by atoms with van der Waals surface area (Å²) in [6.45, 7) is 4.41. The minimum atomic E-state index is -3.57. The zero-order valence-electron chi connectivity index (χ0n) is 12.5. The molecule has 0 radical (unpaired) electrons. The summed E-state index contributed by atoms with van der Waals surface area (Å²) in [6, 6.07) is 3.03. The molecule has 0 aliphatic heterocycles. The third kappa shape index (κ3) is 4.11. The number of anilines is 1. The van der Waals surface area contributed by atoms with Gasteiger partial charge in [-0.25, -0.2) is 13.1 Å². The van der Waals surface area contributed by atoms with Crippen molar-refractivity contribution in [3.8, 4) is 0 Å². The summed E-state index contributed by atoms with van der Waals surface area (Å²) in [5, 5.41) is 0.338. The van der Waals surface area contributed by atoms with Gasteiger partial charge in [-0.05, 0) is 49.3 Å². The molecule has 1 aromatic rings. The Morgan fingerprint density at radius 2 is 2.10 bits per heavy atom. The van der Waals surface area contributed by atoms with Crippen molar-refractivity contribution in [3.63, 3.8) is 0 Å². The van der Waals surface area contributed by atoms with E-state index in [0.29, 0.717) is 34.7 Å². The van der Waals surface area contributed by atoms with E-state index in [1.807, 2.05) is 0 Å². The average Bonchev–Trinajstić information content (AvgIpc) is 2.41. The molecule has 4 nitrogen and oxygen atoms in total. The maximum Gasteiger partial charge on any atom is 0.240 e. The molecular weight excluding hydrogens is 308 g/mol. The highest BCUT2D eigenvalue weighted by atomic mass is 35.5. The maximum absolute atomic E-state index is 12.5. The molecule has 2 atom stereocenters. The number of hydrogen-bond acceptors (Lipinski definition) is 3. The van der Waals surface area contributed by atoms with Gasteiger partial charge in [-0.15, -0.1) is 0 Å². The highest BCUT2D eigenvalue weighted by molar-refractivity contribution is 7.89. The Morgan fingerprint density at radius 1 is 1.38 bits per heavy atom. The molecule has 1 aliphatic carbocycles. The molecule has 0 amide bonds. The minimum absolute atomic E-state index is 0.177.